The molecule has 0 bridgehead atoms. The summed E-state index contributed by atoms with van der Waals surface area (Å²) in [5.74, 6) is 2.33. The molecule has 0 fully saturated rings. The Morgan fingerprint density at radius 2 is 2.10 bits per heavy atom. The van der Waals surface area contributed by atoms with Crippen molar-refractivity contribution in [2.24, 2.45) is 0 Å². The summed E-state index contributed by atoms with van der Waals surface area (Å²) in [4.78, 5) is 4.19. The lowest BCUT2D eigenvalue weighted by molar-refractivity contribution is 0.174. The molecular weight excluding hydrogens is 292 g/mol. The first-order valence-corrected chi connectivity index (χ1v) is 6.80. The van der Waals surface area contributed by atoms with Crippen LogP contribution in [0.1, 0.15) is 5.56 Å². The van der Waals surface area contributed by atoms with Crippen molar-refractivity contribution in [3.05, 3.63) is 47.2 Å². The van der Waals surface area contributed by atoms with Gasteiger partial charge in [0.1, 0.15) is 11.0 Å². The molecule has 21 heavy (non-hydrogen) atoms. The number of hydrogen-bond acceptors (Lipinski definition) is 5. The predicted octanol–water partition coefficient (Wildman–Crippen LogP) is 2.72. The number of halogens is 1. The van der Waals surface area contributed by atoms with Gasteiger partial charge in [-0.2, -0.15) is 9.61 Å². The van der Waals surface area contributed by atoms with E-state index in [1.165, 1.54) is 0 Å². The Kier molecular flexibility index (Phi) is 2.82. The Morgan fingerprint density at radius 1 is 1.19 bits per heavy atom. The number of rotatable bonds is 3. The molecular formula is C14H11ClN4O2. The molecule has 0 aliphatic carbocycles. The Hall–Kier alpha value is -2.47. The fourth-order valence-corrected chi connectivity index (χ4v) is 2.44. The average molecular weight is 303 g/mol. The molecule has 0 radical (unpaired) electrons. The summed E-state index contributed by atoms with van der Waals surface area (Å²) in [5.41, 5.74) is 1.78. The Balaban J connectivity index is 1.59. The number of fused-ring (bicyclic) bond motifs is 2. The number of hydrogen-bond donors (Lipinski definition) is 1. The number of anilines is 1. The minimum Gasteiger partial charge on any atom is -0.454 e. The van der Waals surface area contributed by atoms with Crippen LogP contribution in [0, 0.1) is 0 Å². The third kappa shape index (κ3) is 2.23. The summed E-state index contributed by atoms with van der Waals surface area (Å²) in [5, 5.41) is 7.95. The molecule has 0 amide bonds. The Labute approximate surface area is 125 Å². The lowest BCUT2D eigenvalue weighted by Crippen LogP contribution is -2.06. The van der Waals surface area contributed by atoms with Crippen LogP contribution in [-0.2, 0) is 6.54 Å². The van der Waals surface area contributed by atoms with Gasteiger partial charge in [0.05, 0.1) is 6.20 Å². The van der Waals surface area contributed by atoms with Crippen molar-refractivity contribution in [3.8, 4) is 11.5 Å². The highest BCUT2D eigenvalue weighted by molar-refractivity contribution is 6.29. The maximum atomic E-state index is 6.01. The van der Waals surface area contributed by atoms with Gasteiger partial charge in [-0.3, -0.25) is 0 Å². The highest BCUT2D eigenvalue weighted by atomic mass is 35.5. The topological polar surface area (TPSA) is 60.7 Å². The summed E-state index contributed by atoms with van der Waals surface area (Å²) in [6.45, 7) is 0.895. The van der Waals surface area contributed by atoms with Crippen LogP contribution in [0.4, 0.5) is 5.82 Å². The van der Waals surface area contributed by atoms with Crippen LogP contribution in [-0.4, -0.2) is 21.4 Å². The summed E-state index contributed by atoms with van der Waals surface area (Å²) in [6, 6.07) is 9.40. The van der Waals surface area contributed by atoms with Gasteiger partial charge in [-0.15, -0.1) is 0 Å². The molecule has 0 spiro atoms. The third-order valence-corrected chi connectivity index (χ3v) is 3.43. The maximum absolute atomic E-state index is 6.01. The van der Waals surface area contributed by atoms with Crippen LogP contribution in [0.5, 0.6) is 11.5 Å². The molecule has 4 rings (SSSR count). The second-order valence-corrected chi connectivity index (χ2v) is 4.99. The molecule has 1 aliphatic rings. The van der Waals surface area contributed by atoms with Crippen molar-refractivity contribution in [1.29, 1.82) is 0 Å². The molecule has 7 heteroatoms. The smallest absolute Gasteiger partial charge is 0.231 e. The van der Waals surface area contributed by atoms with Crippen molar-refractivity contribution in [3.63, 3.8) is 0 Å². The molecule has 3 heterocycles. The Bertz CT molecular complexity index is 818. The van der Waals surface area contributed by atoms with E-state index in [1.54, 1.807) is 22.8 Å². The van der Waals surface area contributed by atoms with E-state index in [1.807, 2.05) is 18.2 Å². The summed E-state index contributed by atoms with van der Waals surface area (Å²) >= 11 is 6.01. The molecule has 1 aromatic carbocycles. The second kappa shape index (κ2) is 4.82. The quantitative estimate of drug-likeness (QED) is 0.754. The van der Waals surface area contributed by atoms with Gasteiger partial charge in [-0.05, 0) is 17.7 Å². The fraction of sp³-hybridized carbons (Fsp3) is 0.143. The van der Waals surface area contributed by atoms with Crippen LogP contribution in [0.15, 0.2) is 36.5 Å². The first-order valence-electron chi connectivity index (χ1n) is 6.42. The van der Waals surface area contributed by atoms with Crippen LogP contribution in [0.2, 0.25) is 5.15 Å². The van der Waals surface area contributed by atoms with E-state index in [9.17, 15) is 0 Å². The molecule has 2 aromatic heterocycles. The van der Waals surface area contributed by atoms with E-state index in [0.717, 1.165) is 22.9 Å². The third-order valence-electron chi connectivity index (χ3n) is 3.24. The molecule has 1 aliphatic heterocycles. The SMILES string of the molecule is Clc1cc(NCc2ccc3c(c2)OCO3)n2nccc2n1. The molecule has 0 saturated carbocycles. The van der Waals surface area contributed by atoms with Gasteiger partial charge in [0.15, 0.2) is 17.1 Å². The number of nitrogens with zero attached hydrogens (tertiary/aromatic N) is 3. The van der Waals surface area contributed by atoms with Gasteiger partial charge >= 0.3 is 0 Å². The highest BCUT2D eigenvalue weighted by Crippen LogP contribution is 2.32. The first-order chi connectivity index (χ1) is 10.3. The largest absolute Gasteiger partial charge is 0.454 e. The predicted molar refractivity (Wildman–Crippen MR) is 77.9 cm³/mol. The van der Waals surface area contributed by atoms with Gasteiger partial charge < -0.3 is 14.8 Å². The first kappa shape index (κ1) is 12.3. The van der Waals surface area contributed by atoms with Crippen molar-refractivity contribution in [2.75, 3.05) is 12.1 Å². The van der Waals surface area contributed by atoms with E-state index in [0.29, 0.717) is 17.3 Å². The van der Waals surface area contributed by atoms with Crippen LogP contribution in [0.25, 0.3) is 5.65 Å². The van der Waals surface area contributed by atoms with Gasteiger partial charge in [-0.25, -0.2) is 4.98 Å². The van der Waals surface area contributed by atoms with Gasteiger partial charge in [-0.1, -0.05) is 17.7 Å². The highest BCUT2D eigenvalue weighted by Gasteiger charge is 2.13. The monoisotopic (exact) mass is 302 g/mol. The van der Waals surface area contributed by atoms with Gasteiger partial charge in [0.25, 0.3) is 0 Å². The molecule has 0 saturated heterocycles. The minimum absolute atomic E-state index is 0.278. The number of benzene rings is 1. The molecule has 6 nitrogen and oxygen atoms in total. The van der Waals surface area contributed by atoms with Gasteiger partial charge in [0, 0.05) is 18.7 Å². The van der Waals surface area contributed by atoms with Crippen LogP contribution in [0.3, 0.4) is 0 Å². The second-order valence-electron chi connectivity index (χ2n) is 4.61. The van der Waals surface area contributed by atoms with Crippen molar-refractivity contribution >= 4 is 23.1 Å². The molecule has 106 valence electrons. The van der Waals surface area contributed by atoms with E-state index < -0.39 is 0 Å². The summed E-state index contributed by atoms with van der Waals surface area (Å²) < 4.78 is 12.4. The minimum atomic E-state index is 0.278. The van der Waals surface area contributed by atoms with Crippen LogP contribution >= 0.6 is 11.6 Å². The number of nitrogens with one attached hydrogen (secondary N) is 1. The summed E-state index contributed by atoms with van der Waals surface area (Å²) in [7, 11) is 0. The van der Waals surface area contributed by atoms with Crippen molar-refractivity contribution < 1.29 is 9.47 Å². The molecule has 0 atom stereocenters. The Morgan fingerprint density at radius 3 is 3.05 bits per heavy atom. The fourth-order valence-electron chi connectivity index (χ4n) is 2.25. The maximum Gasteiger partial charge on any atom is 0.231 e. The lowest BCUT2D eigenvalue weighted by atomic mass is 10.2. The molecule has 1 N–H and O–H groups in total. The van der Waals surface area contributed by atoms with E-state index >= 15 is 0 Å². The van der Waals surface area contributed by atoms with E-state index in [-0.39, 0.29) is 6.79 Å². The zero-order valence-corrected chi connectivity index (χ0v) is 11.7. The number of aromatic nitrogens is 3. The molecule has 3 aromatic rings. The zero-order chi connectivity index (χ0) is 14.2. The van der Waals surface area contributed by atoms with Crippen molar-refractivity contribution in [2.45, 2.75) is 6.54 Å². The summed E-state index contributed by atoms with van der Waals surface area (Å²) in [6.07, 6.45) is 1.68. The standard InChI is InChI=1S/C14H11ClN4O2/c15-12-6-14(19-13(18-12)3-4-17-19)16-7-9-1-2-10-11(5-9)21-8-20-10/h1-6,16H,7-8H2. The normalized spacial score (nSPS) is 12.8. The molecule has 0 unspecified atom stereocenters. The van der Waals surface area contributed by atoms with Crippen molar-refractivity contribution in [1.82, 2.24) is 14.6 Å². The van der Waals surface area contributed by atoms with E-state index in [2.05, 4.69) is 15.4 Å². The van der Waals surface area contributed by atoms with E-state index in [4.69, 9.17) is 21.1 Å². The number of ether oxygens (including phenoxy) is 2. The lowest BCUT2D eigenvalue weighted by Gasteiger charge is -2.09. The average Bonchev–Trinajstić information content (AvgIpc) is 3.12. The van der Waals surface area contributed by atoms with Crippen LogP contribution < -0.4 is 14.8 Å². The van der Waals surface area contributed by atoms with Gasteiger partial charge in [0.2, 0.25) is 6.79 Å². The zero-order valence-electron chi connectivity index (χ0n) is 10.9.